The van der Waals surface area contributed by atoms with Crippen LogP contribution in [0.2, 0.25) is 0 Å². The zero-order valence-corrected chi connectivity index (χ0v) is 16.5. The van der Waals surface area contributed by atoms with Gasteiger partial charge in [-0.15, -0.1) is 0 Å². The van der Waals surface area contributed by atoms with E-state index in [2.05, 4.69) is 10.4 Å². The van der Waals surface area contributed by atoms with Gasteiger partial charge in [0.2, 0.25) is 5.91 Å². The van der Waals surface area contributed by atoms with Crippen molar-refractivity contribution in [1.82, 2.24) is 19.7 Å². The van der Waals surface area contributed by atoms with E-state index in [4.69, 9.17) is 4.74 Å². The molecule has 0 radical (unpaired) electrons. The third-order valence-electron chi connectivity index (χ3n) is 5.22. The number of nitrogens with one attached hydrogen (secondary N) is 1. The molecule has 1 amide bonds. The first-order valence-electron chi connectivity index (χ1n) is 9.37. The molecule has 0 saturated carbocycles. The molecule has 148 valence electrons. The fraction of sp³-hybridized carbons (Fsp3) is 0.227. The lowest BCUT2D eigenvalue weighted by Crippen LogP contribution is -2.32. The normalized spacial score (nSPS) is 12.2. The Morgan fingerprint density at radius 2 is 1.86 bits per heavy atom. The Balaban J connectivity index is 1.74. The number of benzene rings is 2. The summed E-state index contributed by atoms with van der Waals surface area (Å²) < 4.78 is 8.43. The fourth-order valence-corrected chi connectivity index (χ4v) is 3.69. The van der Waals surface area contributed by atoms with Crippen molar-refractivity contribution in [3.8, 4) is 5.75 Å². The predicted octanol–water partition coefficient (Wildman–Crippen LogP) is 2.77. The van der Waals surface area contributed by atoms with Gasteiger partial charge in [0.1, 0.15) is 17.3 Å². The maximum absolute atomic E-state index is 13.0. The number of nitrogens with zero attached hydrogens (tertiary/aromatic N) is 3. The Morgan fingerprint density at radius 1 is 1.14 bits per heavy atom. The number of aromatic nitrogens is 3. The summed E-state index contributed by atoms with van der Waals surface area (Å²) in [5.41, 5.74) is 1.96. The summed E-state index contributed by atoms with van der Waals surface area (Å²) in [6.45, 7) is 2.13. The summed E-state index contributed by atoms with van der Waals surface area (Å²) in [6.07, 6.45) is 1.68. The van der Waals surface area contributed by atoms with Crippen molar-refractivity contribution < 1.29 is 9.53 Å². The van der Waals surface area contributed by atoms with Crippen LogP contribution in [-0.4, -0.2) is 27.4 Å². The Kier molecular flexibility index (Phi) is 4.80. The number of para-hydroxylation sites is 2. The minimum absolute atomic E-state index is 0.183. The first-order chi connectivity index (χ1) is 14.0. The molecule has 0 spiro atoms. The highest BCUT2D eigenvalue weighted by Gasteiger charge is 2.23. The van der Waals surface area contributed by atoms with E-state index < -0.39 is 6.04 Å². The van der Waals surface area contributed by atoms with Crippen LogP contribution >= 0.6 is 0 Å². The van der Waals surface area contributed by atoms with Crippen molar-refractivity contribution in [2.75, 3.05) is 7.11 Å². The van der Waals surface area contributed by atoms with Gasteiger partial charge >= 0.3 is 0 Å². The summed E-state index contributed by atoms with van der Waals surface area (Å²) in [6, 6.07) is 14.6. The summed E-state index contributed by atoms with van der Waals surface area (Å²) >= 11 is 0. The largest absolute Gasteiger partial charge is 0.496 e. The maximum atomic E-state index is 13.0. The van der Waals surface area contributed by atoms with Crippen molar-refractivity contribution in [1.29, 1.82) is 0 Å². The van der Waals surface area contributed by atoms with E-state index in [-0.39, 0.29) is 11.5 Å². The van der Waals surface area contributed by atoms with Gasteiger partial charge in [0.05, 0.1) is 18.8 Å². The van der Waals surface area contributed by atoms with Crippen LogP contribution in [0.3, 0.4) is 0 Å². The second kappa shape index (κ2) is 7.43. The lowest BCUT2D eigenvalue weighted by Gasteiger charge is -2.17. The Hall–Kier alpha value is -3.61. The maximum Gasteiger partial charge on any atom is 0.291 e. The molecular weight excluding hydrogens is 368 g/mol. The van der Waals surface area contributed by atoms with Crippen molar-refractivity contribution in [3.63, 3.8) is 0 Å². The van der Waals surface area contributed by atoms with E-state index in [0.717, 1.165) is 27.6 Å². The molecule has 2 aromatic heterocycles. The highest BCUT2D eigenvalue weighted by atomic mass is 16.5. The van der Waals surface area contributed by atoms with Crippen LogP contribution in [0, 0.1) is 0 Å². The van der Waals surface area contributed by atoms with Gasteiger partial charge in [-0.25, -0.2) is 4.68 Å². The SMILES string of the molecule is COc1ccccc1CNC(=O)C(C)n1c2ccccc2c2cnn(C)c(=O)c21. The number of hydrogen-bond acceptors (Lipinski definition) is 4. The molecule has 4 aromatic rings. The minimum Gasteiger partial charge on any atom is -0.496 e. The molecule has 0 aliphatic carbocycles. The molecule has 1 atom stereocenters. The average molecular weight is 390 g/mol. The number of carbonyl (C=O) groups is 1. The number of rotatable bonds is 5. The molecule has 2 aromatic carbocycles. The van der Waals surface area contributed by atoms with E-state index >= 15 is 0 Å². The van der Waals surface area contributed by atoms with Gasteiger partial charge in [-0.2, -0.15) is 5.10 Å². The number of ether oxygens (including phenoxy) is 1. The summed E-state index contributed by atoms with van der Waals surface area (Å²) in [4.78, 5) is 25.8. The van der Waals surface area contributed by atoms with E-state index in [1.54, 1.807) is 31.8 Å². The van der Waals surface area contributed by atoms with Crippen LogP contribution < -0.4 is 15.6 Å². The zero-order valence-electron chi connectivity index (χ0n) is 16.5. The summed E-state index contributed by atoms with van der Waals surface area (Å²) in [5, 5.41) is 8.75. The van der Waals surface area contributed by atoms with E-state index in [0.29, 0.717) is 12.1 Å². The Labute approximate surface area is 167 Å². The molecule has 0 aliphatic heterocycles. The minimum atomic E-state index is -0.581. The van der Waals surface area contributed by atoms with Gasteiger partial charge in [-0.05, 0) is 19.1 Å². The van der Waals surface area contributed by atoms with Crippen molar-refractivity contribution in [2.45, 2.75) is 19.5 Å². The first-order valence-corrected chi connectivity index (χ1v) is 9.37. The van der Waals surface area contributed by atoms with E-state index in [1.165, 1.54) is 4.68 Å². The summed E-state index contributed by atoms with van der Waals surface area (Å²) in [7, 11) is 3.21. The van der Waals surface area contributed by atoms with Crippen LogP contribution in [0.4, 0.5) is 0 Å². The molecule has 2 heterocycles. The zero-order chi connectivity index (χ0) is 20.5. The predicted molar refractivity (Wildman–Crippen MR) is 112 cm³/mol. The highest BCUT2D eigenvalue weighted by molar-refractivity contribution is 6.08. The quantitative estimate of drug-likeness (QED) is 0.568. The monoisotopic (exact) mass is 390 g/mol. The third-order valence-corrected chi connectivity index (χ3v) is 5.22. The number of aryl methyl sites for hydroxylation is 1. The van der Waals surface area contributed by atoms with Crippen LogP contribution in [0.15, 0.2) is 59.5 Å². The molecule has 1 N–H and O–H groups in total. The number of fused-ring (bicyclic) bond motifs is 3. The molecule has 0 fully saturated rings. The van der Waals surface area contributed by atoms with Gasteiger partial charge in [0.15, 0.2) is 0 Å². The molecule has 7 heteroatoms. The van der Waals surface area contributed by atoms with Crippen LogP contribution in [0.1, 0.15) is 18.5 Å². The number of amides is 1. The number of methoxy groups -OCH3 is 1. The highest BCUT2D eigenvalue weighted by Crippen LogP contribution is 2.29. The molecule has 1 unspecified atom stereocenters. The third kappa shape index (κ3) is 3.14. The standard InChI is InChI=1S/C22H22N4O3/c1-14(21(27)23-12-15-8-4-7-11-19(15)29-3)26-18-10-6-5-9-16(18)17-13-24-25(2)22(28)20(17)26/h4-11,13-14H,12H2,1-3H3,(H,23,27). The Bertz CT molecular complexity index is 1270. The van der Waals surface area contributed by atoms with Gasteiger partial charge in [-0.3, -0.25) is 9.59 Å². The number of hydrogen-bond donors (Lipinski definition) is 1. The average Bonchev–Trinajstić information content (AvgIpc) is 3.09. The van der Waals surface area contributed by atoms with E-state index in [9.17, 15) is 9.59 Å². The van der Waals surface area contributed by atoms with Gasteiger partial charge in [0, 0.05) is 29.9 Å². The molecule has 4 rings (SSSR count). The topological polar surface area (TPSA) is 78.2 Å². The second-order valence-corrected chi connectivity index (χ2v) is 6.93. The van der Waals surface area contributed by atoms with Crippen LogP contribution in [0.5, 0.6) is 5.75 Å². The van der Waals surface area contributed by atoms with Crippen molar-refractivity contribution in [3.05, 3.63) is 70.6 Å². The molecule has 7 nitrogen and oxygen atoms in total. The molecule has 0 saturated heterocycles. The van der Waals surface area contributed by atoms with Crippen LogP contribution in [-0.2, 0) is 18.4 Å². The lowest BCUT2D eigenvalue weighted by molar-refractivity contribution is -0.123. The second-order valence-electron chi connectivity index (χ2n) is 6.93. The molecular formula is C22H22N4O3. The van der Waals surface area contributed by atoms with E-state index in [1.807, 2.05) is 48.5 Å². The molecule has 0 aliphatic rings. The molecule has 29 heavy (non-hydrogen) atoms. The van der Waals surface area contributed by atoms with Crippen molar-refractivity contribution >= 4 is 27.7 Å². The van der Waals surface area contributed by atoms with Gasteiger partial charge in [-0.1, -0.05) is 36.4 Å². The Morgan fingerprint density at radius 3 is 2.66 bits per heavy atom. The number of carbonyl (C=O) groups excluding carboxylic acids is 1. The lowest BCUT2D eigenvalue weighted by atomic mass is 10.2. The van der Waals surface area contributed by atoms with Gasteiger partial charge < -0.3 is 14.6 Å². The smallest absolute Gasteiger partial charge is 0.291 e. The van der Waals surface area contributed by atoms with Gasteiger partial charge in [0.25, 0.3) is 5.56 Å². The molecule has 0 bridgehead atoms. The summed E-state index contributed by atoms with van der Waals surface area (Å²) in [5.74, 6) is 0.537. The first kappa shape index (κ1) is 18.7. The van der Waals surface area contributed by atoms with Crippen molar-refractivity contribution in [2.24, 2.45) is 7.05 Å². The fourth-order valence-electron chi connectivity index (χ4n) is 3.69. The van der Waals surface area contributed by atoms with Crippen LogP contribution in [0.25, 0.3) is 21.8 Å².